The van der Waals surface area contributed by atoms with Crippen LogP contribution in [0.3, 0.4) is 0 Å². The number of carbonyl (C=O) groups excluding carboxylic acids is 1. The Labute approximate surface area is 156 Å². The summed E-state index contributed by atoms with van der Waals surface area (Å²) in [6, 6.07) is 4.86. The molecule has 6 nitrogen and oxygen atoms in total. The van der Waals surface area contributed by atoms with Gasteiger partial charge in [0.1, 0.15) is 0 Å². The quantitative estimate of drug-likeness (QED) is 0.631. The van der Waals surface area contributed by atoms with Crippen LogP contribution in [0, 0.1) is 0 Å². The molecular weight excluding hydrogens is 342 g/mol. The number of aromatic nitrogens is 2. The largest absolute Gasteiger partial charge is 0.328 e. The lowest BCUT2D eigenvalue weighted by Crippen LogP contribution is -2.48. The topological polar surface area (TPSA) is 86.0 Å². The number of fused-ring (bicyclic) bond motifs is 1. The highest BCUT2D eigenvalue weighted by molar-refractivity contribution is 5.97. The van der Waals surface area contributed by atoms with E-state index in [1.165, 1.54) is 5.57 Å². The maximum absolute atomic E-state index is 13.3. The molecule has 1 aromatic carbocycles. The van der Waals surface area contributed by atoms with Crippen molar-refractivity contribution in [3.63, 3.8) is 0 Å². The Hall–Kier alpha value is -3.15. The predicted molar refractivity (Wildman–Crippen MR) is 107 cm³/mol. The first-order valence-electron chi connectivity index (χ1n) is 8.92. The van der Waals surface area contributed by atoms with Gasteiger partial charge in [-0.1, -0.05) is 23.8 Å². The summed E-state index contributed by atoms with van der Waals surface area (Å²) in [5.41, 5.74) is 1.16. The van der Waals surface area contributed by atoms with Gasteiger partial charge in [0.2, 0.25) is 0 Å². The van der Waals surface area contributed by atoms with Gasteiger partial charge in [-0.05, 0) is 44.4 Å². The first-order valence-corrected chi connectivity index (χ1v) is 8.92. The molecule has 27 heavy (non-hydrogen) atoms. The molecule has 1 amide bonds. The molecule has 0 fully saturated rings. The number of aromatic amines is 2. The van der Waals surface area contributed by atoms with E-state index in [0.717, 1.165) is 6.42 Å². The predicted octanol–water partition coefficient (Wildman–Crippen LogP) is 2.90. The Kier molecular flexibility index (Phi) is 5.26. The van der Waals surface area contributed by atoms with Gasteiger partial charge in [0, 0.05) is 11.6 Å². The molecule has 0 aliphatic carbocycles. The van der Waals surface area contributed by atoms with Crippen LogP contribution in [0.25, 0.3) is 11.0 Å². The van der Waals surface area contributed by atoms with E-state index in [-0.39, 0.29) is 18.0 Å². The van der Waals surface area contributed by atoms with Crippen LogP contribution in [0.1, 0.15) is 36.5 Å². The number of hydrogen-bond donors (Lipinski definition) is 2. The highest BCUT2D eigenvalue weighted by Gasteiger charge is 2.32. The zero-order chi connectivity index (χ0) is 19.6. The average Bonchev–Trinajstić information content (AvgIpc) is 2.62. The number of H-pyrrole nitrogens is 2. The van der Waals surface area contributed by atoms with Crippen molar-refractivity contribution in [3.8, 4) is 0 Å². The third kappa shape index (κ3) is 3.69. The lowest BCUT2D eigenvalue weighted by atomic mass is 9.91. The minimum atomic E-state index is -0.738. The molecule has 1 aliphatic heterocycles. The van der Waals surface area contributed by atoms with Crippen molar-refractivity contribution >= 4 is 16.9 Å². The molecule has 1 aromatic heterocycles. The van der Waals surface area contributed by atoms with E-state index in [4.69, 9.17) is 0 Å². The van der Waals surface area contributed by atoms with Crippen LogP contribution in [-0.4, -0.2) is 32.9 Å². The second-order valence-corrected chi connectivity index (χ2v) is 6.87. The molecule has 2 heterocycles. The maximum atomic E-state index is 13.3. The van der Waals surface area contributed by atoms with Gasteiger partial charge in [-0.3, -0.25) is 14.4 Å². The Balaban J connectivity index is 2.05. The number of nitrogens with zero attached hydrogens (tertiary/aromatic N) is 1. The Bertz CT molecular complexity index is 1040. The molecule has 2 N–H and O–H groups in total. The lowest BCUT2D eigenvalue weighted by molar-refractivity contribution is 0.0601. The van der Waals surface area contributed by atoms with Gasteiger partial charge in [-0.15, -0.1) is 13.2 Å². The van der Waals surface area contributed by atoms with Crippen molar-refractivity contribution in [2.75, 3.05) is 0 Å². The van der Waals surface area contributed by atoms with Crippen molar-refractivity contribution in [2.45, 2.75) is 38.3 Å². The molecule has 0 radical (unpaired) electrons. The summed E-state index contributed by atoms with van der Waals surface area (Å²) in [5.74, 6) is -0.119. The summed E-state index contributed by atoms with van der Waals surface area (Å²) in [6.07, 6.45) is 7.91. The van der Waals surface area contributed by atoms with Gasteiger partial charge >= 0.3 is 11.1 Å². The van der Waals surface area contributed by atoms with Gasteiger partial charge in [-0.2, -0.15) is 0 Å². The highest BCUT2D eigenvalue weighted by Crippen LogP contribution is 2.29. The van der Waals surface area contributed by atoms with E-state index in [9.17, 15) is 14.4 Å². The fourth-order valence-electron chi connectivity index (χ4n) is 3.67. The minimum Gasteiger partial charge on any atom is -0.328 e. The molecule has 3 rings (SSSR count). The van der Waals surface area contributed by atoms with Crippen LogP contribution in [-0.2, 0) is 0 Å². The summed E-state index contributed by atoms with van der Waals surface area (Å²) in [4.78, 5) is 43.3. The fraction of sp³-hybridized carbons (Fsp3) is 0.286. The van der Waals surface area contributed by atoms with Crippen LogP contribution in [0.2, 0.25) is 0 Å². The van der Waals surface area contributed by atoms with Crippen molar-refractivity contribution in [3.05, 3.63) is 81.4 Å². The first-order chi connectivity index (χ1) is 12.9. The third-order valence-electron chi connectivity index (χ3n) is 4.84. The normalized spacial score (nSPS) is 19.6. The standard InChI is InChI=1S/C21H23N3O3/c1-4-6-15-10-13(3)11-16(7-5-2)24(15)21(27)14-8-9-17-18(12-14)23-20(26)19(25)22-17/h4-5,8-10,12,15-16H,1-2,6-7,11H2,3H3,(H,22,25)(H,23,26)/t15-,16-/m0/s1. The van der Waals surface area contributed by atoms with Crippen LogP contribution in [0.5, 0.6) is 0 Å². The Morgan fingerprint density at radius 1 is 1.15 bits per heavy atom. The zero-order valence-electron chi connectivity index (χ0n) is 15.3. The Morgan fingerprint density at radius 3 is 2.48 bits per heavy atom. The van der Waals surface area contributed by atoms with Gasteiger partial charge in [0.15, 0.2) is 0 Å². The molecule has 140 valence electrons. The number of nitrogens with one attached hydrogen (secondary N) is 2. The second kappa shape index (κ2) is 7.61. The first kappa shape index (κ1) is 18.6. The van der Waals surface area contributed by atoms with Crippen LogP contribution < -0.4 is 11.1 Å². The SMILES string of the molecule is C=CC[C@H]1CC(C)=C[C@H](CC=C)N1C(=O)c1ccc2[nH]c(=O)c(=O)[nH]c2c1. The monoisotopic (exact) mass is 365 g/mol. The number of carbonyl (C=O) groups is 1. The smallest absolute Gasteiger partial charge is 0.314 e. The van der Waals surface area contributed by atoms with E-state index in [2.05, 4.69) is 36.1 Å². The summed E-state index contributed by atoms with van der Waals surface area (Å²) in [6.45, 7) is 9.72. The van der Waals surface area contributed by atoms with Crippen LogP contribution >= 0.6 is 0 Å². The van der Waals surface area contributed by atoms with E-state index in [0.29, 0.717) is 29.4 Å². The van der Waals surface area contributed by atoms with Crippen LogP contribution in [0.4, 0.5) is 0 Å². The fourth-order valence-corrected chi connectivity index (χ4v) is 3.67. The van der Waals surface area contributed by atoms with Gasteiger partial charge < -0.3 is 14.9 Å². The molecule has 6 heteroatoms. The second-order valence-electron chi connectivity index (χ2n) is 6.87. The van der Waals surface area contributed by atoms with Crippen LogP contribution in [0.15, 0.2) is 64.7 Å². The molecule has 0 spiro atoms. The maximum Gasteiger partial charge on any atom is 0.314 e. The average molecular weight is 365 g/mol. The minimum absolute atomic E-state index is 0.0234. The summed E-state index contributed by atoms with van der Waals surface area (Å²) >= 11 is 0. The van der Waals surface area contributed by atoms with Crippen molar-refractivity contribution < 1.29 is 4.79 Å². The summed E-state index contributed by atoms with van der Waals surface area (Å²) in [7, 11) is 0. The number of rotatable bonds is 5. The highest BCUT2D eigenvalue weighted by atomic mass is 16.2. The van der Waals surface area contributed by atoms with E-state index in [1.54, 1.807) is 18.2 Å². The summed E-state index contributed by atoms with van der Waals surface area (Å²) in [5, 5.41) is 0. The molecule has 0 unspecified atom stereocenters. The van der Waals surface area contributed by atoms with Crippen molar-refractivity contribution in [1.82, 2.24) is 14.9 Å². The molecule has 0 saturated carbocycles. The molecule has 1 aliphatic rings. The third-order valence-corrected chi connectivity index (χ3v) is 4.84. The number of amides is 1. The molecular formula is C21H23N3O3. The summed E-state index contributed by atoms with van der Waals surface area (Å²) < 4.78 is 0. The van der Waals surface area contributed by atoms with Crippen molar-refractivity contribution in [1.29, 1.82) is 0 Å². The van der Waals surface area contributed by atoms with Gasteiger partial charge in [0.05, 0.1) is 17.1 Å². The Morgan fingerprint density at radius 2 is 1.81 bits per heavy atom. The van der Waals surface area contributed by atoms with E-state index >= 15 is 0 Å². The number of hydrogen-bond acceptors (Lipinski definition) is 3. The number of benzene rings is 1. The molecule has 2 atom stereocenters. The zero-order valence-corrected chi connectivity index (χ0v) is 15.3. The van der Waals surface area contributed by atoms with E-state index < -0.39 is 11.1 Å². The molecule has 0 saturated heterocycles. The van der Waals surface area contributed by atoms with E-state index in [1.807, 2.05) is 17.1 Å². The van der Waals surface area contributed by atoms with Crippen molar-refractivity contribution in [2.24, 2.45) is 0 Å². The van der Waals surface area contributed by atoms with Gasteiger partial charge in [0.25, 0.3) is 5.91 Å². The molecule has 0 bridgehead atoms. The lowest BCUT2D eigenvalue weighted by Gasteiger charge is -2.40. The molecule has 2 aromatic rings. The van der Waals surface area contributed by atoms with Gasteiger partial charge in [-0.25, -0.2) is 0 Å².